The van der Waals surface area contributed by atoms with Crippen LogP contribution in [0.2, 0.25) is 0 Å². The number of rotatable bonds is 4. The zero-order chi connectivity index (χ0) is 26.4. The van der Waals surface area contributed by atoms with E-state index in [0.29, 0.717) is 43.0 Å². The quantitative estimate of drug-likeness (QED) is 0.433. The van der Waals surface area contributed by atoms with E-state index in [2.05, 4.69) is 15.4 Å². The van der Waals surface area contributed by atoms with E-state index in [1.54, 1.807) is 54.5 Å². The van der Waals surface area contributed by atoms with Crippen molar-refractivity contribution in [2.24, 2.45) is 7.05 Å². The molecule has 0 atom stereocenters. The standard InChI is InChI=1S/C27H28F2N8O/c1-30-27(38)35-11-7-23-22(16-35)26(33-37(23)19-5-8-31-9-6-19)36-10-3-4-17-12-20(18-14-32-34(2)15-18)21(25(28)29)13-24(17)36/h5-6,8-9,12-15,25H,3-4,7,10-11,16H2,1-2H3,(H,30,38). The van der Waals surface area contributed by atoms with Gasteiger partial charge < -0.3 is 15.1 Å². The van der Waals surface area contributed by atoms with Gasteiger partial charge in [0.2, 0.25) is 0 Å². The van der Waals surface area contributed by atoms with Crippen molar-refractivity contribution >= 4 is 17.5 Å². The van der Waals surface area contributed by atoms with Crippen molar-refractivity contribution in [2.75, 3.05) is 25.0 Å². The van der Waals surface area contributed by atoms with Crippen LogP contribution in [0.25, 0.3) is 16.8 Å². The van der Waals surface area contributed by atoms with Crippen molar-refractivity contribution in [3.05, 3.63) is 71.4 Å². The highest BCUT2D eigenvalue weighted by molar-refractivity contribution is 5.78. The normalized spacial score (nSPS) is 15.0. The highest BCUT2D eigenvalue weighted by Gasteiger charge is 2.33. The molecule has 0 saturated carbocycles. The summed E-state index contributed by atoms with van der Waals surface area (Å²) in [7, 11) is 3.39. The van der Waals surface area contributed by atoms with Gasteiger partial charge in [0.05, 0.1) is 24.1 Å². The van der Waals surface area contributed by atoms with Crippen LogP contribution >= 0.6 is 0 Å². The minimum Gasteiger partial charge on any atom is -0.341 e. The van der Waals surface area contributed by atoms with E-state index in [0.717, 1.165) is 41.0 Å². The first-order valence-corrected chi connectivity index (χ1v) is 12.6. The lowest BCUT2D eigenvalue weighted by molar-refractivity contribution is 0.152. The van der Waals surface area contributed by atoms with Gasteiger partial charge in [-0.2, -0.15) is 5.10 Å². The summed E-state index contributed by atoms with van der Waals surface area (Å²) < 4.78 is 32.3. The number of hydrogen-bond acceptors (Lipinski definition) is 5. The van der Waals surface area contributed by atoms with Crippen molar-refractivity contribution in [1.29, 1.82) is 0 Å². The van der Waals surface area contributed by atoms with E-state index in [1.165, 1.54) is 0 Å². The summed E-state index contributed by atoms with van der Waals surface area (Å²) in [4.78, 5) is 20.4. The molecule has 0 unspecified atom stereocenters. The minimum absolute atomic E-state index is 0.0296. The number of carbonyl (C=O) groups excluding carboxylic acids is 1. The molecule has 3 aromatic heterocycles. The molecular weight excluding hydrogens is 490 g/mol. The molecule has 11 heteroatoms. The van der Waals surface area contributed by atoms with Gasteiger partial charge >= 0.3 is 6.03 Å². The molecule has 0 saturated heterocycles. The Morgan fingerprint density at radius 3 is 2.66 bits per heavy atom. The lowest BCUT2D eigenvalue weighted by Gasteiger charge is -2.33. The van der Waals surface area contributed by atoms with Crippen molar-refractivity contribution in [3.63, 3.8) is 0 Å². The number of amides is 2. The van der Waals surface area contributed by atoms with Crippen LogP contribution in [0, 0.1) is 0 Å². The van der Waals surface area contributed by atoms with Crippen LogP contribution in [0.1, 0.15) is 35.2 Å². The molecule has 1 aromatic carbocycles. The molecule has 0 spiro atoms. The third-order valence-corrected chi connectivity index (χ3v) is 7.32. The molecule has 4 aromatic rings. The molecule has 2 amide bonds. The first kappa shape index (κ1) is 24.1. The monoisotopic (exact) mass is 518 g/mol. The molecule has 9 nitrogen and oxygen atoms in total. The van der Waals surface area contributed by atoms with Gasteiger partial charge in [-0.1, -0.05) is 0 Å². The first-order chi connectivity index (χ1) is 18.4. The highest BCUT2D eigenvalue weighted by atomic mass is 19.3. The fraction of sp³-hybridized carbons (Fsp3) is 0.333. The number of nitrogens with zero attached hydrogens (tertiary/aromatic N) is 7. The van der Waals surface area contributed by atoms with Crippen LogP contribution in [0.4, 0.5) is 25.1 Å². The Hall–Kier alpha value is -4.28. The van der Waals surface area contributed by atoms with Crippen molar-refractivity contribution < 1.29 is 13.6 Å². The predicted octanol–water partition coefficient (Wildman–Crippen LogP) is 4.39. The lowest BCUT2D eigenvalue weighted by atomic mass is 9.92. The van der Waals surface area contributed by atoms with Crippen LogP contribution in [-0.2, 0) is 26.4 Å². The molecule has 196 valence electrons. The predicted molar refractivity (Wildman–Crippen MR) is 139 cm³/mol. The maximum Gasteiger partial charge on any atom is 0.317 e. The van der Waals surface area contributed by atoms with Crippen LogP contribution in [-0.4, -0.2) is 55.6 Å². The number of aryl methyl sites for hydroxylation is 2. The average Bonchev–Trinajstić information content (AvgIpc) is 3.55. The van der Waals surface area contributed by atoms with Gasteiger partial charge in [0.15, 0.2) is 5.82 Å². The molecule has 5 heterocycles. The molecule has 0 aliphatic carbocycles. The Kier molecular flexibility index (Phi) is 6.05. The number of pyridine rings is 1. The number of urea groups is 1. The van der Waals surface area contributed by atoms with E-state index in [9.17, 15) is 13.6 Å². The third kappa shape index (κ3) is 4.07. The molecule has 1 N–H and O–H groups in total. The van der Waals surface area contributed by atoms with Gasteiger partial charge in [0.25, 0.3) is 6.43 Å². The largest absolute Gasteiger partial charge is 0.341 e. The van der Waals surface area contributed by atoms with Gasteiger partial charge in [0, 0.05) is 74.6 Å². The number of alkyl halides is 2. The summed E-state index contributed by atoms with van der Waals surface area (Å²) >= 11 is 0. The molecule has 38 heavy (non-hydrogen) atoms. The zero-order valence-corrected chi connectivity index (χ0v) is 21.2. The third-order valence-electron chi connectivity index (χ3n) is 7.32. The molecule has 0 radical (unpaired) electrons. The number of fused-ring (bicyclic) bond motifs is 2. The summed E-state index contributed by atoms with van der Waals surface area (Å²) in [6.45, 7) is 1.59. The Balaban J connectivity index is 1.50. The van der Waals surface area contributed by atoms with Gasteiger partial charge in [-0.05, 0) is 48.2 Å². The number of halogens is 2. The Bertz CT molecular complexity index is 1500. The van der Waals surface area contributed by atoms with Crippen LogP contribution in [0.5, 0.6) is 0 Å². The number of carbonyl (C=O) groups is 1. The van der Waals surface area contributed by atoms with E-state index < -0.39 is 6.43 Å². The molecule has 2 aliphatic heterocycles. The number of aromatic nitrogens is 5. The van der Waals surface area contributed by atoms with E-state index in [-0.39, 0.29) is 11.6 Å². The van der Waals surface area contributed by atoms with Gasteiger partial charge in [-0.15, -0.1) is 5.10 Å². The van der Waals surface area contributed by atoms with Crippen LogP contribution in [0.15, 0.2) is 49.1 Å². The Morgan fingerprint density at radius 1 is 1.13 bits per heavy atom. The second kappa shape index (κ2) is 9.55. The summed E-state index contributed by atoms with van der Waals surface area (Å²) in [6.07, 6.45) is 6.42. The number of nitrogens with one attached hydrogen (secondary N) is 1. The maximum absolute atomic E-state index is 14.4. The summed E-state index contributed by atoms with van der Waals surface area (Å²) in [6, 6.07) is 7.11. The smallest absolute Gasteiger partial charge is 0.317 e. The van der Waals surface area contributed by atoms with Gasteiger partial charge in [-0.3, -0.25) is 9.67 Å². The number of hydrogen-bond donors (Lipinski definition) is 1. The second-order valence-corrected chi connectivity index (χ2v) is 9.62. The molecule has 0 fully saturated rings. The average molecular weight is 519 g/mol. The van der Waals surface area contributed by atoms with Gasteiger partial charge in [0.1, 0.15) is 0 Å². The summed E-state index contributed by atoms with van der Waals surface area (Å²) in [5, 5.41) is 11.9. The maximum atomic E-state index is 14.4. The number of anilines is 2. The SMILES string of the molecule is CNC(=O)N1CCc2c(c(N3CCCc4cc(-c5cnn(C)c5)c(C(F)F)cc43)nn2-c2ccncc2)C1. The Labute approximate surface area is 218 Å². The van der Waals surface area contributed by atoms with Gasteiger partial charge in [-0.25, -0.2) is 18.3 Å². The zero-order valence-electron chi connectivity index (χ0n) is 21.2. The molecule has 0 bridgehead atoms. The van der Waals surface area contributed by atoms with Crippen LogP contribution in [0.3, 0.4) is 0 Å². The topological polar surface area (TPSA) is 84.1 Å². The van der Waals surface area contributed by atoms with Crippen molar-refractivity contribution in [3.8, 4) is 16.8 Å². The minimum atomic E-state index is -2.65. The van der Waals surface area contributed by atoms with E-state index >= 15 is 0 Å². The number of benzene rings is 1. The van der Waals surface area contributed by atoms with Crippen LogP contribution < -0.4 is 10.2 Å². The van der Waals surface area contributed by atoms with E-state index in [1.807, 2.05) is 27.8 Å². The first-order valence-electron chi connectivity index (χ1n) is 12.6. The fourth-order valence-corrected chi connectivity index (χ4v) is 5.51. The van der Waals surface area contributed by atoms with Crippen molar-refractivity contribution in [1.82, 2.24) is 34.8 Å². The Morgan fingerprint density at radius 2 is 1.95 bits per heavy atom. The molecular formula is C27H28F2N8O. The van der Waals surface area contributed by atoms with E-state index in [4.69, 9.17) is 5.10 Å². The highest BCUT2D eigenvalue weighted by Crippen LogP contribution is 2.43. The fourth-order valence-electron chi connectivity index (χ4n) is 5.51. The second-order valence-electron chi connectivity index (χ2n) is 9.62. The van der Waals surface area contributed by atoms with Crippen molar-refractivity contribution in [2.45, 2.75) is 32.2 Å². The molecule has 2 aliphatic rings. The lowest BCUT2D eigenvalue weighted by Crippen LogP contribution is -2.41. The summed E-state index contributed by atoms with van der Waals surface area (Å²) in [5.74, 6) is 0.695. The molecule has 6 rings (SSSR count). The summed E-state index contributed by atoms with van der Waals surface area (Å²) in [5.41, 5.74) is 5.68.